The number of carboxylic acids is 1. The maximum atomic E-state index is 11.4. The Kier molecular flexibility index (Phi) is 3.89. The van der Waals surface area contributed by atoms with Gasteiger partial charge in [0.25, 0.3) is 0 Å². The number of phenolic OH excluding ortho intramolecular Hbond substituents is 2. The largest absolute Gasteiger partial charge is 0.504 e. The Morgan fingerprint density at radius 2 is 2.00 bits per heavy atom. The van der Waals surface area contributed by atoms with E-state index in [4.69, 9.17) is 15.9 Å². The van der Waals surface area contributed by atoms with Crippen molar-refractivity contribution < 1.29 is 29.6 Å². The molecule has 1 atom stereocenters. The third-order valence-corrected chi connectivity index (χ3v) is 1.95. The van der Waals surface area contributed by atoms with Crippen molar-refractivity contribution in [2.75, 3.05) is 6.61 Å². The summed E-state index contributed by atoms with van der Waals surface area (Å²) in [5.41, 5.74) is 4.86. The fourth-order valence-corrected chi connectivity index (χ4v) is 1.01. The molecular weight excluding hydrogens is 230 g/mol. The van der Waals surface area contributed by atoms with Crippen LogP contribution in [-0.2, 0) is 9.53 Å². The van der Waals surface area contributed by atoms with Gasteiger partial charge in [-0.3, -0.25) is 4.79 Å². The van der Waals surface area contributed by atoms with Crippen molar-refractivity contribution in [3.8, 4) is 11.5 Å². The molecule has 0 unspecified atom stereocenters. The van der Waals surface area contributed by atoms with Crippen LogP contribution >= 0.6 is 0 Å². The normalized spacial score (nSPS) is 11.8. The Balaban J connectivity index is 2.71. The van der Waals surface area contributed by atoms with Gasteiger partial charge in [0.2, 0.25) is 0 Å². The van der Waals surface area contributed by atoms with Crippen LogP contribution in [0.15, 0.2) is 18.2 Å². The quantitative estimate of drug-likeness (QED) is 0.419. The van der Waals surface area contributed by atoms with Gasteiger partial charge in [0.05, 0.1) is 0 Å². The lowest BCUT2D eigenvalue weighted by atomic mass is 10.2. The van der Waals surface area contributed by atoms with Crippen molar-refractivity contribution in [3.05, 3.63) is 23.8 Å². The average Bonchev–Trinajstić information content (AvgIpc) is 2.29. The number of hydrogen-bond acceptors (Lipinski definition) is 6. The minimum Gasteiger partial charge on any atom is -0.504 e. The molecule has 92 valence electrons. The maximum Gasteiger partial charge on any atom is 0.342 e. The third-order valence-electron chi connectivity index (χ3n) is 1.95. The first-order valence-corrected chi connectivity index (χ1v) is 4.60. The van der Waals surface area contributed by atoms with Crippen molar-refractivity contribution in [2.24, 2.45) is 5.73 Å². The number of carbonyl (C=O) groups excluding carboxylic acids is 1. The standard InChI is InChI=1S/C10H11NO6/c11-6(9(14)15)4-17-10(16)5-2-1-3-7(12)8(5)13/h1-3,6,12-13H,4,11H2,(H,14,15)/t6-/m0/s1. The Hall–Kier alpha value is -2.28. The lowest BCUT2D eigenvalue weighted by Gasteiger charge is -2.09. The van der Waals surface area contributed by atoms with Gasteiger partial charge in [0.15, 0.2) is 11.5 Å². The van der Waals surface area contributed by atoms with Crippen molar-refractivity contribution in [2.45, 2.75) is 6.04 Å². The fourth-order valence-electron chi connectivity index (χ4n) is 1.01. The molecular formula is C10H11NO6. The molecule has 17 heavy (non-hydrogen) atoms. The number of aromatic hydroxyl groups is 2. The molecule has 5 N–H and O–H groups in total. The molecule has 0 aromatic heterocycles. The summed E-state index contributed by atoms with van der Waals surface area (Å²) >= 11 is 0. The molecule has 0 saturated heterocycles. The Bertz CT molecular complexity index is 444. The molecule has 0 spiro atoms. The summed E-state index contributed by atoms with van der Waals surface area (Å²) in [5, 5.41) is 26.9. The highest BCUT2D eigenvalue weighted by atomic mass is 16.5. The number of ether oxygens (including phenoxy) is 1. The summed E-state index contributed by atoms with van der Waals surface area (Å²) in [6.45, 7) is -0.525. The summed E-state index contributed by atoms with van der Waals surface area (Å²) in [6, 6.07) is 2.42. The van der Waals surface area contributed by atoms with E-state index >= 15 is 0 Å². The van der Waals surface area contributed by atoms with Gasteiger partial charge < -0.3 is 25.8 Å². The Labute approximate surface area is 96.1 Å². The summed E-state index contributed by atoms with van der Waals surface area (Å²) in [7, 11) is 0. The molecule has 0 aliphatic heterocycles. The van der Waals surface area contributed by atoms with Crippen molar-refractivity contribution in [3.63, 3.8) is 0 Å². The number of esters is 1. The number of carboxylic acid groups (broad SMARTS) is 1. The number of carbonyl (C=O) groups is 2. The molecule has 0 amide bonds. The van der Waals surface area contributed by atoms with E-state index in [9.17, 15) is 14.7 Å². The van der Waals surface area contributed by atoms with E-state index in [0.29, 0.717) is 0 Å². The molecule has 0 radical (unpaired) electrons. The summed E-state index contributed by atoms with van der Waals surface area (Å²) in [4.78, 5) is 21.8. The number of aliphatic carboxylic acids is 1. The summed E-state index contributed by atoms with van der Waals surface area (Å²) in [6.07, 6.45) is 0. The first-order chi connectivity index (χ1) is 7.93. The highest BCUT2D eigenvalue weighted by molar-refractivity contribution is 5.93. The van der Waals surface area contributed by atoms with Crippen LogP contribution in [0, 0.1) is 0 Å². The number of para-hydroxylation sites is 1. The molecule has 1 aromatic rings. The second-order valence-electron chi connectivity index (χ2n) is 3.22. The lowest BCUT2D eigenvalue weighted by Crippen LogP contribution is -2.35. The van der Waals surface area contributed by atoms with Gasteiger partial charge in [0.1, 0.15) is 18.2 Å². The molecule has 0 aliphatic carbocycles. The smallest absolute Gasteiger partial charge is 0.342 e. The van der Waals surface area contributed by atoms with E-state index in [2.05, 4.69) is 4.74 Å². The zero-order valence-electron chi connectivity index (χ0n) is 8.66. The molecule has 0 bridgehead atoms. The van der Waals surface area contributed by atoms with E-state index in [1.165, 1.54) is 18.2 Å². The number of benzene rings is 1. The van der Waals surface area contributed by atoms with Gasteiger partial charge in [-0.1, -0.05) is 6.07 Å². The SMILES string of the molecule is N[C@@H](COC(=O)c1cccc(O)c1O)C(=O)O. The van der Waals surface area contributed by atoms with Crippen LogP contribution in [0.2, 0.25) is 0 Å². The molecule has 0 saturated carbocycles. The predicted molar refractivity (Wildman–Crippen MR) is 55.7 cm³/mol. The van der Waals surface area contributed by atoms with Crippen molar-refractivity contribution >= 4 is 11.9 Å². The van der Waals surface area contributed by atoms with Gasteiger partial charge in [0, 0.05) is 0 Å². The predicted octanol–water partition coefficient (Wildman–Crippen LogP) is -0.334. The van der Waals surface area contributed by atoms with Gasteiger partial charge in [-0.25, -0.2) is 4.79 Å². The summed E-state index contributed by atoms with van der Waals surface area (Å²) in [5.74, 6) is -3.36. The van der Waals surface area contributed by atoms with Gasteiger partial charge in [-0.2, -0.15) is 0 Å². The Morgan fingerprint density at radius 3 is 2.59 bits per heavy atom. The molecule has 1 aromatic carbocycles. The minimum absolute atomic E-state index is 0.261. The molecule has 0 fully saturated rings. The number of hydrogen-bond donors (Lipinski definition) is 4. The van der Waals surface area contributed by atoms with E-state index in [0.717, 1.165) is 0 Å². The van der Waals surface area contributed by atoms with Crippen molar-refractivity contribution in [1.29, 1.82) is 0 Å². The molecule has 7 nitrogen and oxygen atoms in total. The van der Waals surface area contributed by atoms with E-state index in [1.807, 2.05) is 0 Å². The van der Waals surface area contributed by atoms with Crippen LogP contribution in [0.1, 0.15) is 10.4 Å². The highest BCUT2D eigenvalue weighted by Crippen LogP contribution is 2.28. The second-order valence-corrected chi connectivity index (χ2v) is 3.22. The van der Waals surface area contributed by atoms with Crippen LogP contribution in [0.25, 0.3) is 0 Å². The average molecular weight is 241 g/mol. The van der Waals surface area contributed by atoms with E-state index in [1.54, 1.807) is 0 Å². The first-order valence-electron chi connectivity index (χ1n) is 4.60. The first kappa shape index (κ1) is 12.8. The van der Waals surface area contributed by atoms with Crippen molar-refractivity contribution in [1.82, 2.24) is 0 Å². The van der Waals surface area contributed by atoms with Crippen LogP contribution in [0.5, 0.6) is 11.5 Å². The minimum atomic E-state index is -1.33. The Morgan fingerprint density at radius 1 is 1.35 bits per heavy atom. The summed E-state index contributed by atoms with van der Waals surface area (Å²) < 4.78 is 4.57. The number of nitrogens with two attached hydrogens (primary N) is 1. The van der Waals surface area contributed by atoms with Crippen LogP contribution in [0.4, 0.5) is 0 Å². The zero-order valence-corrected chi connectivity index (χ0v) is 8.66. The molecule has 1 rings (SSSR count). The maximum absolute atomic E-state index is 11.4. The van der Waals surface area contributed by atoms with Gasteiger partial charge in [-0.15, -0.1) is 0 Å². The zero-order chi connectivity index (χ0) is 13.0. The van der Waals surface area contributed by atoms with E-state index in [-0.39, 0.29) is 5.56 Å². The molecule has 0 heterocycles. The fraction of sp³-hybridized carbons (Fsp3) is 0.200. The lowest BCUT2D eigenvalue weighted by molar-refractivity contribution is -0.139. The molecule has 7 heteroatoms. The second kappa shape index (κ2) is 5.17. The molecule has 0 aliphatic rings. The number of rotatable bonds is 4. The number of phenols is 2. The third kappa shape index (κ3) is 3.08. The van der Waals surface area contributed by atoms with Crippen LogP contribution in [-0.4, -0.2) is 39.9 Å². The monoisotopic (exact) mass is 241 g/mol. The van der Waals surface area contributed by atoms with Crippen LogP contribution < -0.4 is 5.73 Å². The highest BCUT2D eigenvalue weighted by Gasteiger charge is 2.18. The van der Waals surface area contributed by atoms with Gasteiger partial charge in [-0.05, 0) is 12.1 Å². The van der Waals surface area contributed by atoms with E-state index < -0.39 is 36.1 Å². The topological polar surface area (TPSA) is 130 Å². The van der Waals surface area contributed by atoms with Crippen LogP contribution in [0.3, 0.4) is 0 Å². The van der Waals surface area contributed by atoms with Gasteiger partial charge >= 0.3 is 11.9 Å².